The Labute approximate surface area is 100 Å². The molecule has 1 atom stereocenters. The minimum Gasteiger partial charge on any atom is -0.390 e. The zero-order valence-corrected chi connectivity index (χ0v) is 10.9. The number of hydrogen-bond donors (Lipinski definition) is 1. The molecule has 0 spiro atoms. The lowest BCUT2D eigenvalue weighted by atomic mass is 9.71. The van der Waals surface area contributed by atoms with Crippen LogP contribution in [0.4, 0.5) is 0 Å². The quantitative estimate of drug-likeness (QED) is 0.741. The predicted octanol–water partition coefficient (Wildman–Crippen LogP) is 2.66. The van der Waals surface area contributed by atoms with Crippen molar-refractivity contribution in [1.29, 1.82) is 0 Å². The Balaban J connectivity index is 1.95. The van der Waals surface area contributed by atoms with Gasteiger partial charge in [0.1, 0.15) is 0 Å². The Kier molecular flexibility index (Phi) is 3.91. The number of hydrogen-bond acceptors (Lipinski definition) is 2. The van der Waals surface area contributed by atoms with Crippen LogP contribution in [0.25, 0.3) is 0 Å². The number of rotatable bonds is 1. The molecule has 1 aliphatic heterocycles. The van der Waals surface area contributed by atoms with Crippen LogP contribution in [0, 0.1) is 11.8 Å². The Morgan fingerprint density at radius 3 is 2.44 bits per heavy atom. The third-order valence-corrected chi connectivity index (χ3v) is 4.85. The third kappa shape index (κ3) is 2.78. The highest BCUT2D eigenvalue weighted by Gasteiger charge is 2.38. The summed E-state index contributed by atoms with van der Waals surface area (Å²) in [6.07, 6.45) is 8.33. The van der Waals surface area contributed by atoms with Crippen molar-refractivity contribution in [2.45, 2.75) is 57.5 Å². The molecule has 1 saturated heterocycles. The van der Waals surface area contributed by atoms with Gasteiger partial charge < -0.3 is 10.0 Å². The first-order valence-electron chi connectivity index (χ1n) is 7.01. The Morgan fingerprint density at radius 1 is 1.06 bits per heavy atom. The molecule has 0 aromatic rings. The first kappa shape index (κ1) is 12.4. The summed E-state index contributed by atoms with van der Waals surface area (Å²) in [5, 5.41) is 10.9. The van der Waals surface area contributed by atoms with Crippen LogP contribution >= 0.6 is 0 Å². The van der Waals surface area contributed by atoms with E-state index in [4.69, 9.17) is 0 Å². The Bertz CT molecular complexity index is 223. The normalized spacial score (nSPS) is 42.9. The van der Waals surface area contributed by atoms with Crippen LogP contribution in [-0.2, 0) is 0 Å². The predicted molar refractivity (Wildman–Crippen MR) is 67.4 cm³/mol. The van der Waals surface area contributed by atoms with E-state index in [1.165, 1.54) is 32.1 Å². The molecule has 1 aliphatic carbocycles. The maximum Gasteiger partial charge on any atom is 0.0688 e. The van der Waals surface area contributed by atoms with Gasteiger partial charge in [0, 0.05) is 6.54 Å². The molecule has 1 heterocycles. The zero-order valence-electron chi connectivity index (χ0n) is 10.9. The summed E-state index contributed by atoms with van der Waals surface area (Å²) in [7, 11) is 2.18. The molecule has 0 radical (unpaired) electrons. The van der Waals surface area contributed by atoms with Crippen LogP contribution in [0.2, 0.25) is 0 Å². The molecule has 0 bridgehead atoms. The van der Waals surface area contributed by atoms with Crippen molar-refractivity contribution in [3.8, 4) is 0 Å². The van der Waals surface area contributed by atoms with Crippen molar-refractivity contribution in [3.63, 3.8) is 0 Å². The lowest BCUT2D eigenvalue weighted by molar-refractivity contribution is -0.0481. The molecule has 2 heteroatoms. The summed E-state index contributed by atoms with van der Waals surface area (Å²) >= 11 is 0. The van der Waals surface area contributed by atoms with E-state index in [0.717, 1.165) is 31.8 Å². The molecule has 2 aliphatic rings. The summed E-state index contributed by atoms with van der Waals surface area (Å²) in [6, 6.07) is 0. The third-order valence-electron chi connectivity index (χ3n) is 4.85. The molecule has 1 unspecified atom stereocenters. The molecule has 0 amide bonds. The highest BCUT2D eigenvalue weighted by molar-refractivity contribution is 4.91. The summed E-state index contributed by atoms with van der Waals surface area (Å²) in [4.78, 5) is 2.36. The molecule has 1 N–H and O–H groups in total. The van der Waals surface area contributed by atoms with E-state index >= 15 is 0 Å². The first-order chi connectivity index (χ1) is 7.60. The molecule has 16 heavy (non-hydrogen) atoms. The van der Waals surface area contributed by atoms with Crippen molar-refractivity contribution in [2.24, 2.45) is 11.8 Å². The second kappa shape index (κ2) is 5.05. The van der Waals surface area contributed by atoms with E-state index in [2.05, 4.69) is 18.9 Å². The first-order valence-corrected chi connectivity index (χ1v) is 7.01. The van der Waals surface area contributed by atoms with Gasteiger partial charge in [0.2, 0.25) is 0 Å². The standard InChI is InChI=1S/C14H27NO/c1-12-4-6-13(7-5-12)14(16)8-3-10-15(2)11-9-14/h12-13,16H,3-11H2,1-2H3. The number of aliphatic hydroxyl groups is 1. The van der Waals surface area contributed by atoms with Gasteiger partial charge in [-0.1, -0.05) is 19.8 Å². The van der Waals surface area contributed by atoms with Gasteiger partial charge in [-0.15, -0.1) is 0 Å². The maximum absolute atomic E-state index is 10.9. The van der Waals surface area contributed by atoms with Crippen LogP contribution in [-0.4, -0.2) is 35.7 Å². The molecule has 2 fully saturated rings. The van der Waals surface area contributed by atoms with Crippen LogP contribution in [0.5, 0.6) is 0 Å². The Morgan fingerprint density at radius 2 is 1.75 bits per heavy atom. The monoisotopic (exact) mass is 225 g/mol. The van der Waals surface area contributed by atoms with Crippen molar-refractivity contribution in [1.82, 2.24) is 4.90 Å². The van der Waals surface area contributed by atoms with Gasteiger partial charge in [0.25, 0.3) is 0 Å². The van der Waals surface area contributed by atoms with Crippen molar-refractivity contribution >= 4 is 0 Å². The lowest BCUT2D eigenvalue weighted by Gasteiger charge is -2.39. The van der Waals surface area contributed by atoms with Gasteiger partial charge in [-0.3, -0.25) is 0 Å². The molecule has 94 valence electrons. The maximum atomic E-state index is 10.9. The second-order valence-corrected chi connectivity index (χ2v) is 6.22. The number of likely N-dealkylation sites (tertiary alicyclic amines) is 1. The van der Waals surface area contributed by atoms with Crippen molar-refractivity contribution in [3.05, 3.63) is 0 Å². The minimum absolute atomic E-state index is 0.342. The highest BCUT2D eigenvalue weighted by Crippen LogP contribution is 2.40. The fourth-order valence-electron chi connectivity index (χ4n) is 3.48. The minimum atomic E-state index is -0.342. The van der Waals surface area contributed by atoms with Gasteiger partial charge in [0.15, 0.2) is 0 Å². The van der Waals surface area contributed by atoms with Gasteiger partial charge in [-0.2, -0.15) is 0 Å². The summed E-state index contributed by atoms with van der Waals surface area (Å²) in [5.74, 6) is 1.46. The SMILES string of the molecule is CC1CCC(C2(O)CCCN(C)CC2)CC1. The van der Waals surface area contributed by atoms with Gasteiger partial charge in [-0.05, 0) is 57.5 Å². The largest absolute Gasteiger partial charge is 0.390 e. The molecule has 1 saturated carbocycles. The van der Waals surface area contributed by atoms with Gasteiger partial charge in [0.05, 0.1) is 5.60 Å². The van der Waals surface area contributed by atoms with E-state index in [-0.39, 0.29) is 5.60 Å². The summed E-state index contributed by atoms with van der Waals surface area (Å²) < 4.78 is 0. The molecular formula is C14H27NO. The zero-order chi connectivity index (χ0) is 11.6. The van der Waals surface area contributed by atoms with E-state index in [9.17, 15) is 5.11 Å². The smallest absolute Gasteiger partial charge is 0.0688 e. The van der Waals surface area contributed by atoms with Crippen LogP contribution in [0.3, 0.4) is 0 Å². The fourth-order valence-corrected chi connectivity index (χ4v) is 3.48. The van der Waals surface area contributed by atoms with E-state index in [0.29, 0.717) is 5.92 Å². The Hall–Kier alpha value is -0.0800. The van der Waals surface area contributed by atoms with E-state index in [1.54, 1.807) is 0 Å². The van der Waals surface area contributed by atoms with Gasteiger partial charge >= 0.3 is 0 Å². The topological polar surface area (TPSA) is 23.5 Å². The van der Waals surface area contributed by atoms with Gasteiger partial charge in [-0.25, -0.2) is 0 Å². The summed E-state index contributed by atoms with van der Waals surface area (Å²) in [5.41, 5.74) is -0.342. The number of nitrogens with zero attached hydrogens (tertiary/aromatic N) is 1. The van der Waals surface area contributed by atoms with Crippen molar-refractivity contribution in [2.75, 3.05) is 20.1 Å². The van der Waals surface area contributed by atoms with E-state index < -0.39 is 0 Å². The highest BCUT2D eigenvalue weighted by atomic mass is 16.3. The van der Waals surface area contributed by atoms with Crippen LogP contribution in [0.1, 0.15) is 51.9 Å². The lowest BCUT2D eigenvalue weighted by Crippen LogP contribution is -2.40. The van der Waals surface area contributed by atoms with Crippen molar-refractivity contribution < 1.29 is 5.11 Å². The molecule has 2 rings (SSSR count). The van der Waals surface area contributed by atoms with Crippen LogP contribution < -0.4 is 0 Å². The average Bonchev–Trinajstić information content (AvgIpc) is 2.43. The second-order valence-electron chi connectivity index (χ2n) is 6.22. The fraction of sp³-hybridized carbons (Fsp3) is 1.00. The average molecular weight is 225 g/mol. The summed E-state index contributed by atoms with van der Waals surface area (Å²) in [6.45, 7) is 4.58. The van der Waals surface area contributed by atoms with Crippen LogP contribution in [0.15, 0.2) is 0 Å². The molecular weight excluding hydrogens is 198 g/mol. The molecule has 0 aromatic carbocycles. The molecule has 2 nitrogen and oxygen atoms in total. The molecule has 0 aromatic heterocycles. The van der Waals surface area contributed by atoms with E-state index in [1.807, 2.05) is 0 Å².